The van der Waals surface area contributed by atoms with Crippen molar-refractivity contribution in [1.82, 2.24) is 10.6 Å². The summed E-state index contributed by atoms with van der Waals surface area (Å²) in [7, 11) is 0. The standard InChI is InChI=1S/C17H22N2O/c1-3-18-17(19-4-2)12-10-15(11-13-17)16(20)14-8-6-5-7-9-14/h5-13,15,18-19H,3-4H2,1-2H3. The van der Waals surface area contributed by atoms with Crippen LogP contribution in [-0.2, 0) is 0 Å². The predicted octanol–water partition coefficient (Wildman–Crippen LogP) is 2.53. The Morgan fingerprint density at radius 3 is 2.10 bits per heavy atom. The number of benzene rings is 1. The van der Waals surface area contributed by atoms with Crippen LogP contribution in [0.3, 0.4) is 0 Å². The quantitative estimate of drug-likeness (QED) is 0.474. The van der Waals surface area contributed by atoms with Gasteiger partial charge in [-0.2, -0.15) is 0 Å². The second-order valence-electron chi connectivity index (χ2n) is 4.90. The molecule has 106 valence electrons. The van der Waals surface area contributed by atoms with E-state index in [2.05, 4.69) is 24.5 Å². The predicted molar refractivity (Wildman–Crippen MR) is 82.6 cm³/mol. The molecule has 20 heavy (non-hydrogen) atoms. The summed E-state index contributed by atoms with van der Waals surface area (Å²) in [5.41, 5.74) is 0.433. The largest absolute Gasteiger partial charge is 0.293 e. The monoisotopic (exact) mass is 270 g/mol. The van der Waals surface area contributed by atoms with E-state index < -0.39 is 0 Å². The first-order valence-corrected chi connectivity index (χ1v) is 7.19. The van der Waals surface area contributed by atoms with Crippen LogP contribution in [0.5, 0.6) is 0 Å². The van der Waals surface area contributed by atoms with Crippen molar-refractivity contribution in [3.05, 3.63) is 60.2 Å². The van der Waals surface area contributed by atoms with Crippen LogP contribution in [-0.4, -0.2) is 24.5 Å². The Kier molecular flexibility index (Phi) is 4.88. The van der Waals surface area contributed by atoms with Gasteiger partial charge in [-0.25, -0.2) is 0 Å². The van der Waals surface area contributed by atoms with E-state index in [-0.39, 0.29) is 17.4 Å². The fourth-order valence-corrected chi connectivity index (χ4v) is 2.48. The van der Waals surface area contributed by atoms with Gasteiger partial charge in [0.15, 0.2) is 5.78 Å². The molecule has 1 aliphatic carbocycles. The molecule has 2 N–H and O–H groups in total. The first-order valence-electron chi connectivity index (χ1n) is 7.19. The van der Waals surface area contributed by atoms with E-state index in [0.29, 0.717) is 0 Å². The molecule has 0 aromatic heterocycles. The molecule has 0 saturated carbocycles. The number of rotatable bonds is 6. The van der Waals surface area contributed by atoms with Gasteiger partial charge in [0.05, 0.1) is 5.92 Å². The summed E-state index contributed by atoms with van der Waals surface area (Å²) in [4.78, 5) is 12.4. The lowest BCUT2D eigenvalue weighted by Gasteiger charge is -2.32. The molecule has 0 spiro atoms. The van der Waals surface area contributed by atoms with Crippen molar-refractivity contribution in [3.63, 3.8) is 0 Å². The van der Waals surface area contributed by atoms with Crippen LogP contribution < -0.4 is 10.6 Å². The van der Waals surface area contributed by atoms with Crippen molar-refractivity contribution in [3.8, 4) is 0 Å². The molecule has 2 rings (SSSR count). The van der Waals surface area contributed by atoms with Crippen LogP contribution in [0, 0.1) is 5.92 Å². The molecule has 1 aromatic carbocycles. The van der Waals surface area contributed by atoms with Gasteiger partial charge in [0.2, 0.25) is 0 Å². The molecule has 3 nitrogen and oxygen atoms in total. The molecule has 3 heteroatoms. The van der Waals surface area contributed by atoms with Crippen molar-refractivity contribution >= 4 is 5.78 Å². The zero-order chi connectivity index (χ0) is 14.4. The maximum absolute atomic E-state index is 12.4. The molecule has 0 bridgehead atoms. The molecule has 0 radical (unpaired) electrons. The van der Waals surface area contributed by atoms with Gasteiger partial charge in [0, 0.05) is 5.56 Å². The number of hydrogen-bond acceptors (Lipinski definition) is 3. The van der Waals surface area contributed by atoms with Gasteiger partial charge in [0.1, 0.15) is 5.66 Å². The Labute approximate surface area is 120 Å². The van der Waals surface area contributed by atoms with Crippen LogP contribution in [0.1, 0.15) is 24.2 Å². The van der Waals surface area contributed by atoms with Gasteiger partial charge in [-0.15, -0.1) is 0 Å². The smallest absolute Gasteiger partial charge is 0.173 e. The summed E-state index contributed by atoms with van der Waals surface area (Å²) >= 11 is 0. The van der Waals surface area contributed by atoms with Gasteiger partial charge in [-0.05, 0) is 25.2 Å². The average molecular weight is 270 g/mol. The molecular weight excluding hydrogens is 248 g/mol. The number of allylic oxidation sites excluding steroid dienone is 2. The molecule has 0 saturated heterocycles. The summed E-state index contributed by atoms with van der Waals surface area (Å²) in [6.45, 7) is 5.86. The SMILES string of the molecule is CCNC1(NCC)C=CC(C(=O)c2ccccc2)C=C1. The first kappa shape index (κ1) is 14.7. The number of nitrogens with one attached hydrogen (secondary N) is 2. The van der Waals surface area contributed by atoms with Crippen LogP contribution in [0.2, 0.25) is 0 Å². The van der Waals surface area contributed by atoms with E-state index in [9.17, 15) is 4.79 Å². The average Bonchev–Trinajstić information content (AvgIpc) is 2.49. The highest BCUT2D eigenvalue weighted by Gasteiger charge is 2.27. The zero-order valence-electron chi connectivity index (χ0n) is 12.1. The minimum atomic E-state index is -0.322. The summed E-state index contributed by atoms with van der Waals surface area (Å²) in [6, 6.07) is 9.43. The lowest BCUT2D eigenvalue weighted by Crippen LogP contribution is -2.54. The van der Waals surface area contributed by atoms with Crippen molar-refractivity contribution in [1.29, 1.82) is 0 Å². The second kappa shape index (κ2) is 6.64. The topological polar surface area (TPSA) is 41.1 Å². The van der Waals surface area contributed by atoms with Gasteiger partial charge >= 0.3 is 0 Å². The van der Waals surface area contributed by atoms with E-state index in [4.69, 9.17) is 0 Å². The first-order chi connectivity index (χ1) is 9.71. The van der Waals surface area contributed by atoms with E-state index in [1.807, 2.05) is 54.6 Å². The Hall–Kier alpha value is -1.71. The fourth-order valence-electron chi connectivity index (χ4n) is 2.48. The summed E-state index contributed by atoms with van der Waals surface area (Å²) in [5.74, 6) is -0.0393. The molecule has 0 fully saturated rings. The summed E-state index contributed by atoms with van der Waals surface area (Å²) in [5, 5.41) is 6.80. The van der Waals surface area contributed by atoms with E-state index >= 15 is 0 Å². The minimum Gasteiger partial charge on any atom is -0.293 e. The fraction of sp³-hybridized carbons (Fsp3) is 0.353. The molecule has 1 aliphatic rings. The molecule has 1 aromatic rings. The Morgan fingerprint density at radius 2 is 1.60 bits per heavy atom. The van der Waals surface area contributed by atoms with Gasteiger partial charge in [-0.3, -0.25) is 15.4 Å². The van der Waals surface area contributed by atoms with Gasteiger partial charge in [-0.1, -0.05) is 56.3 Å². The third-order valence-electron chi connectivity index (χ3n) is 3.43. The highest BCUT2D eigenvalue weighted by molar-refractivity contribution is 6.00. The van der Waals surface area contributed by atoms with E-state index in [1.165, 1.54) is 0 Å². The number of carbonyl (C=O) groups is 1. The van der Waals surface area contributed by atoms with Gasteiger partial charge in [0.25, 0.3) is 0 Å². The van der Waals surface area contributed by atoms with E-state index in [1.54, 1.807) is 0 Å². The van der Waals surface area contributed by atoms with Crippen molar-refractivity contribution < 1.29 is 4.79 Å². The van der Waals surface area contributed by atoms with E-state index in [0.717, 1.165) is 18.7 Å². The zero-order valence-corrected chi connectivity index (χ0v) is 12.1. The van der Waals surface area contributed by atoms with Gasteiger partial charge < -0.3 is 0 Å². The van der Waals surface area contributed by atoms with Crippen LogP contribution in [0.4, 0.5) is 0 Å². The minimum absolute atomic E-state index is 0.139. The normalized spacial score (nSPS) is 17.3. The number of carbonyl (C=O) groups excluding carboxylic acids is 1. The maximum Gasteiger partial charge on any atom is 0.173 e. The molecule has 0 heterocycles. The molecule has 0 unspecified atom stereocenters. The Morgan fingerprint density at radius 1 is 1.05 bits per heavy atom. The number of hydrogen-bond donors (Lipinski definition) is 2. The summed E-state index contributed by atoms with van der Waals surface area (Å²) in [6.07, 6.45) is 8.04. The van der Waals surface area contributed by atoms with Crippen molar-refractivity contribution in [2.75, 3.05) is 13.1 Å². The highest BCUT2D eigenvalue weighted by Crippen LogP contribution is 2.20. The Bertz CT molecular complexity index is 483. The van der Waals surface area contributed by atoms with Crippen LogP contribution in [0.25, 0.3) is 0 Å². The third kappa shape index (κ3) is 3.24. The van der Waals surface area contributed by atoms with Crippen LogP contribution in [0.15, 0.2) is 54.6 Å². The highest BCUT2D eigenvalue weighted by atomic mass is 16.1. The second-order valence-corrected chi connectivity index (χ2v) is 4.90. The van der Waals surface area contributed by atoms with Crippen molar-refractivity contribution in [2.45, 2.75) is 19.5 Å². The van der Waals surface area contributed by atoms with Crippen LogP contribution >= 0.6 is 0 Å². The lowest BCUT2D eigenvalue weighted by molar-refractivity contribution is 0.0963. The molecule has 0 atom stereocenters. The number of ketones is 1. The summed E-state index contributed by atoms with van der Waals surface area (Å²) < 4.78 is 0. The molecule has 0 amide bonds. The molecular formula is C17H22N2O. The van der Waals surface area contributed by atoms with Crippen molar-refractivity contribution in [2.24, 2.45) is 5.92 Å². The maximum atomic E-state index is 12.4. The third-order valence-corrected chi connectivity index (χ3v) is 3.43. The number of Topliss-reactive ketones (excluding diaryl/α,β-unsaturated/α-hetero) is 1. The molecule has 0 aliphatic heterocycles. The number of likely N-dealkylation sites (N-methyl/N-ethyl adjacent to an activating group) is 2. The lowest BCUT2D eigenvalue weighted by atomic mass is 9.90. The Balaban J connectivity index is 2.12.